The fourth-order valence-electron chi connectivity index (χ4n) is 4.34. The summed E-state index contributed by atoms with van der Waals surface area (Å²) in [6.45, 7) is 1.27. The summed E-state index contributed by atoms with van der Waals surface area (Å²) in [6, 6.07) is 22.9. The van der Waals surface area contributed by atoms with E-state index in [1.54, 1.807) is 0 Å². The number of nitrogens with zero attached hydrogens (tertiary/aromatic N) is 5. The van der Waals surface area contributed by atoms with E-state index in [0.717, 1.165) is 62.7 Å². The number of pyridine rings is 2. The van der Waals surface area contributed by atoms with Crippen molar-refractivity contribution >= 4 is 22.2 Å². The van der Waals surface area contributed by atoms with Crippen molar-refractivity contribution in [1.29, 1.82) is 0 Å². The first kappa shape index (κ1) is 19.5. The Bertz CT molecular complexity index is 1500. The Hall–Kier alpha value is -4.23. The van der Waals surface area contributed by atoms with Crippen LogP contribution in [-0.4, -0.2) is 38.2 Å². The van der Waals surface area contributed by atoms with Gasteiger partial charge in [0.15, 0.2) is 11.5 Å². The maximum absolute atomic E-state index is 5.80. The Kier molecular flexibility index (Phi) is 4.55. The zero-order chi connectivity index (χ0) is 22.4. The molecule has 0 amide bonds. The van der Waals surface area contributed by atoms with E-state index in [1.807, 2.05) is 48.1 Å². The van der Waals surface area contributed by atoms with E-state index < -0.39 is 0 Å². The first-order chi connectivity index (χ1) is 16.2. The van der Waals surface area contributed by atoms with Gasteiger partial charge in [-0.15, -0.1) is 10.2 Å². The van der Waals surface area contributed by atoms with Crippen LogP contribution in [0, 0.1) is 0 Å². The molecule has 0 atom stereocenters. The molecule has 5 aromatic rings. The quantitative estimate of drug-likeness (QED) is 0.448. The third-order valence-corrected chi connectivity index (χ3v) is 6.13. The molecule has 33 heavy (non-hydrogen) atoms. The van der Waals surface area contributed by atoms with Gasteiger partial charge in [-0.05, 0) is 23.3 Å². The van der Waals surface area contributed by atoms with Crippen molar-refractivity contribution in [2.24, 2.45) is 5.73 Å². The zero-order valence-electron chi connectivity index (χ0n) is 18.2. The first-order valence-corrected chi connectivity index (χ1v) is 10.9. The lowest BCUT2D eigenvalue weighted by Gasteiger charge is -2.14. The van der Waals surface area contributed by atoms with Gasteiger partial charge in [-0.3, -0.25) is 4.40 Å². The SMILES string of the molecule is CN1CNC=C1c1nnc2c3cc(-c4ccccc4)c(-c4ccc(CN)cc4)nc3ccn12. The third-order valence-electron chi connectivity index (χ3n) is 6.13. The fraction of sp³-hybridized carbons (Fsp3) is 0.115. The topological polar surface area (TPSA) is 84.4 Å². The molecule has 7 heteroatoms. The predicted molar refractivity (Wildman–Crippen MR) is 131 cm³/mol. The molecule has 0 saturated carbocycles. The molecule has 0 saturated heterocycles. The van der Waals surface area contributed by atoms with Gasteiger partial charge in [0, 0.05) is 42.5 Å². The summed E-state index contributed by atoms with van der Waals surface area (Å²) in [4.78, 5) is 7.21. The van der Waals surface area contributed by atoms with Gasteiger partial charge >= 0.3 is 0 Å². The molecule has 0 fully saturated rings. The number of nitrogens with two attached hydrogens (primary N) is 1. The molecular formula is C26H23N7. The van der Waals surface area contributed by atoms with E-state index in [2.05, 4.69) is 62.9 Å². The lowest BCUT2D eigenvalue weighted by molar-refractivity contribution is 0.489. The molecule has 6 rings (SSSR count). The van der Waals surface area contributed by atoms with Crippen LogP contribution in [0.25, 0.3) is 44.6 Å². The van der Waals surface area contributed by atoms with Crippen LogP contribution in [0.2, 0.25) is 0 Å². The summed E-state index contributed by atoms with van der Waals surface area (Å²) >= 11 is 0. The molecule has 7 nitrogen and oxygen atoms in total. The van der Waals surface area contributed by atoms with Crippen molar-refractivity contribution < 1.29 is 0 Å². The summed E-state index contributed by atoms with van der Waals surface area (Å²) < 4.78 is 2.03. The van der Waals surface area contributed by atoms with Crippen molar-refractivity contribution in [3.8, 4) is 22.4 Å². The molecular weight excluding hydrogens is 410 g/mol. The van der Waals surface area contributed by atoms with Crippen LogP contribution < -0.4 is 11.1 Å². The molecule has 0 aliphatic carbocycles. The van der Waals surface area contributed by atoms with Crippen molar-refractivity contribution in [3.63, 3.8) is 0 Å². The largest absolute Gasteiger partial charge is 0.372 e. The maximum Gasteiger partial charge on any atom is 0.186 e. The highest BCUT2D eigenvalue weighted by molar-refractivity contribution is 5.98. The van der Waals surface area contributed by atoms with E-state index in [-0.39, 0.29) is 0 Å². The number of benzene rings is 2. The number of nitrogens with one attached hydrogen (secondary N) is 1. The third kappa shape index (κ3) is 3.21. The molecule has 1 aliphatic heterocycles. The van der Waals surface area contributed by atoms with Crippen molar-refractivity contribution in [2.45, 2.75) is 6.54 Å². The van der Waals surface area contributed by atoms with Gasteiger partial charge in [0.1, 0.15) is 0 Å². The van der Waals surface area contributed by atoms with Gasteiger partial charge in [0.05, 0.1) is 23.6 Å². The van der Waals surface area contributed by atoms with Crippen LogP contribution in [-0.2, 0) is 6.54 Å². The lowest BCUT2D eigenvalue weighted by atomic mass is 9.97. The predicted octanol–water partition coefficient (Wildman–Crippen LogP) is 3.86. The Morgan fingerprint density at radius 2 is 1.79 bits per heavy atom. The normalized spacial score (nSPS) is 13.5. The van der Waals surface area contributed by atoms with Crippen LogP contribution in [0.1, 0.15) is 11.4 Å². The second kappa shape index (κ2) is 7.72. The molecule has 3 aromatic heterocycles. The molecule has 2 aromatic carbocycles. The van der Waals surface area contributed by atoms with E-state index in [9.17, 15) is 0 Å². The summed E-state index contributed by atoms with van der Waals surface area (Å²) in [5.74, 6) is 0.808. The monoisotopic (exact) mass is 433 g/mol. The summed E-state index contributed by atoms with van der Waals surface area (Å²) in [7, 11) is 2.03. The second-order valence-electron chi connectivity index (χ2n) is 8.21. The summed E-state index contributed by atoms with van der Waals surface area (Å²) in [5.41, 5.74) is 13.7. The first-order valence-electron chi connectivity index (χ1n) is 10.9. The minimum atomic E-state index is 0.519. The second-order valence-corrected chi connectivity index (χ2v) is 8.21. The van der Waals surface area contributed by atoms with Crippen LogP contribution in [0.15, 0.2) is 79.1 Å². The molecule has 0 radical (unpaired) electrons. The van der Waals surface area contributed by atoms with Gasteiger partial charge < -0.3 is 16.0 Å². The highest BCUT2D eigenvalue weighted by Crippen LogP contribution is 2.35. The van der Waals surface area contributed by atoms with Crippen molar-refractivity contribution in [1.82, 2.24) is 29.8 Å². The molecule has 1 aliphatic rings. The van der Waals surface area contributed by atoms with Gasteiger partial charge in [0.25, 0.3) is 0 Å². The van der Waals surface area contributed by atoms with Crippen LogP contribution in [0.3, 0.4) is 0 Å². The minimum absolute atomic E-state index is 0.519. The molecule has 162 valence electrons. The Morgan fingerprint density at radius 3 is 2.52 bits per heavy atom. The Morgan fingerprint density at radius 1 is 0.970 bits per heavy atom. The van der Waals surface area contributed by atoms with Gasteiger partial charge in [-0.1, -0.05) is 54.6 Å². The van der Waals surface area contributed by atoms with Gasteiger partial charge in [-0.2, -0.15) is 0 Å². The Balaban J connectivity index is 1.60. The maximum atomic E-state index is 5.80. The number of aromatic nitrogens is 4. The average molecular weight is 434 g/mol. The lowest BCUT2D eigenvalue weighted by Crippen LogP contribution is -2.18. The Labute approximate surface area is 191 Å². The average Bonchev–Trinajstić information content (AvgIpc) is 3.49. The highest BCUT2D eigenvalue weighted by atomic mass is 15.3. The van der Waals surface area contributed by atoms with E-state index in [0.29, 0.717) is 6.54 Å². The van der Waals surface area contributed by atoms with E-state index in [1.165, 1.54) is 0 Å². The number of hydrogen-bond acceptors (Lipinski definition) is 6. The number of fused-ring (bicyclic) bond motifs is 3. The number of rotatable bonds is 4. The van der Waals surface area contributed by atoms with Crippen LogP contribution in [0.4, 0.5) is 0 Å². The molecule has 3 N–H and O–H groups in total. The number of hydrogen-bond donors (Lipinski definition) is 2. The van der Waals surface area contributed by atoms with Gasteiger partial charge in [0.2, 0.25) is 0 Å². The standard InChI is InChI=1S/C26H23N7/c1-32-16-28-15-23(32)26-31-30-25-21-13-20(18-5-3-2-4-6-18)24(29-22(21)11-12-33(25)26)19-9-7-17(14-27)8-10-19/h2-13,15,28H,14,16,27H2,1H3. The van der Waals surface area contributed by atoms with Gasteiger partial charge in [-0.25, -0.2) is 4.98 Å². The highest BCUT2D eigenvalue weighted by Gasteiger charge is 2.20. The van der Waals surface area contributed by atoms with Crippen LogP contribution in [0.5, 0.6) is 0 Å². The summed E-state index contributed by atoms with van der Waals surface area (Å²) in [5, 5.41) is 13.3. The smallest absolute Gasteiger partial charge is 0.186 e. The van der Waals surface area contributed by atoms with E-state index in [4.69, 9.17) is 10.7 Å². The minimum Gasteiger partial charge on any atom is -0.372 e. The molecule has 0 bridgehead atoms. The molecule has 0 spiro atoms. The molecule has 4 heterocycles. The van der Waals surface area contributed by atoms with E-state index >= 15 is 0 Å². The van der Waals surface area contributed by atoms with Crippen molar-refractivity contribution in [2.75, 3.05) is 13.7 Å². The van der Waals surface area contributed by atoms with Crippen LogP contribution >= 0.6 is 0 Å². The van der Waals surface area contributed by atoms with Crippen molar-refractivity contribution in [3.05, 3.63) is 90.5 Å². The summed E-state index contributed by atoms with van der Waals surface area (Å²) in [6.07, 6.45) is 3.97. The zero-order valence-corrected chi connectivity index (χ0v) is 18.2. The fourth-order valence-corrected chi connectivity index (χ4v) is 4.34. The molecule has 0 unspecified atom stereocenters.